The molecule has 0 unspecified atom stereocenters. The number of benzene rings is 1. The Kier molecular flexibility index (Phi) is 4.20. The van der Waals surface area contributed by atoms with Crippen LogP contribution in [0.3, 0.4) is 0 Å². The summed E-state index contributed by atoms with van der Waals surface area (Å²) in [6, 6.07) is 4.55. The molecule has 2 rings (SSSR count). The molecule has 0 spiro atoms. The molecule has 1 N–H and O–H groups in total. The van der Waals surface area contributed by atoms with Gasteiger partial charge in [-0.2, -0.15) is 0 Å². The van der Waals surface area contributed by atoms with Crippen molar-refractivity contribution in [3.8, 4) is 0 Å². The van der Waals surface area contributed by atoms with Crippen LogP contribution in [-0.2, 0) is 6.54 Å². The predicted octanol–water partition coefficient (Wildman–Crippen LogP) is 3.14. The molecular formula is C15H20FNO2. The van der Waals surface area contributed by atoms with Gasteiger partial charge in [0.05, 0.1) is 5.56 Å². The minimum Gasteiger partial charge on any atom is -0.478 e. The molecule has 0 atom stereocenters. The fraction of sp³-hybridized carbons (Fsp3) is 0.533. The maximum absolute atomic E-state index is 13.8. The average Bonchev–Trinajstić information content (AvgIpc) is 3.14. The van der Waals surface area contributed by atoms with Crippen molar-refractivity contribution in [1.82, 2.24) is 4.90 Å². The summed E-state index contributed by atoms with van der Waals surface area (Å²) >= 11 is 0. The third kappa shape index (κ3) is 3.77. The van der Waals surface area contributed by atoms with Crippen LogP contribution in [-0.4, -0.2) is 28.6 Å². The van der Waals surface area contributed by atoms with E-state index in [0.717, 1.165) is 19.4 Å². The Balaban J connectivity index is 2.15. The van der Waals surface area contributed by atoms with E-state index < -0.39 is 5.97 Å². The van der Waals surface area contributed by atoms with Gasteiger partial charge in [0.1, 0.15) is 5.82 Å². The Morgan fingerprint density at radius 1 is 1.47 bits per heavy atom. The first-order valence-electron chi connectivity index (χ1n) is 6.73. The molecule has 104 valence electrons. The normalized spacial score (nSPS) is 15.2. The van der Waals surface area contributed by atoms with E-state index in [1.54, 1.807) is 0 Å². The molecule has 0 amide bonds. The summed E-state index contributed by atoms with van der Waals surface area (Å²) in [5.41, 5.74) is 0.629. The van der Waals surface area contributed by atoms with E-state index >= 15 is 0 Å². The molecule has 0 saturated heterocycles. The molecule has 1 fully saturated rings. The van der Waals surface area contributed by atoms with Gasteiger partial charge in [-0.3, -0.25) is 4.90 Å². The largest absolute Gasteiger partial charge is 0.478 e. The van der Waals surface area contributed by atoms with Crippen LogP contribution in [0.2, 0.25) is 0 Å². The van der Waals surface area contributed by atoms with Gasteiger partial charge in [0.25, 0.3) is 0 Å². The van der Waals surface area contributed by atoms with Crippen molar-refractivity contribution in [2.24, 2.45) is 5.92 Å². The molecule has 3 nitrogen and oxygen atoms in total. The van der Waals surface area contributed by atoms with Crippen molar-refractivity contribution in [3.05, 3.63) is 35.1 Å². The first kappa shape index (κ1) is 14.0. The number of hydrogen-bond donors (Lipinski definition) is 1. The van der Waals surface area contributed by atoms with Gasteiger partial charge >= 0.3 is 5.97 Å². The fourth-order valence-corrected chi connectivity index (χ4v) is 2.30. The van der Waals surface area contributed by atoms with Crippen LogP contribution in [0.4, 0.5) is 4.39 Å². The first-order chi connectivity index (χ1) is 8.97. The number of hydrogen-bond acceptors (Lipinski definition) is 2. The van der Waals surface area contributed by atoms with E-state index in [-0.39, 0.29) is 11.4 Å². The second kappa shape index (κ2) is 5.70. The van der Waals surface area contributed by atoms with Crippen LogP contribution in [0.5, 0.6) is 0 Å². The fourth-order valence-electron chi connectivity index (χ4n) is 2.30. The van der Waals surface area contributed by atoms with Crippen molar-refractivity contribution in [3.63, 3.8) is 0 Å². The molecule has 0 aromatic heterocycles. The molecule has 0 bridgehead atoms. The van der Waals surface area contributed by atoms with Gasteiger partial charge in [0, 0.05) is 24.7 Å². The van der Waals surface area contributed by atoms with E-state index in [2.05, 4.69) is 18.7 Å². The molecule has 1 aromatic rings. The molecule has 4 heteroatoms. The first-order valence-corrected chi connectivity index (χ1v) is 6.73. The van der Waals surface area contributed by atoms with Crippen LogP contribution >= 0.6 is 0 Å². The summed E-state index contributed by atoms with van der Waals surface area (Å²) in [6.45, 7) is 5.69. The zero-order chi connectivity index (χ0) is 14.0. The van der Waals surface area contributed by atoms with E-state index in [1.165, 1.54) is 18.2 Å². The summed E-state index contributed by atoms with van der Waals surface area (Å²) in [5, 5.41) is 8.97. The lowest BCUT2D eigenvalue weighted by Gasteiger charge is -2.24. The van der Waals surface area contributed by atoms with Crippen molar-refractivity contribution < 1.29 is 14.3 Å². The van der Waals surface area contributed by atoms with Crippen molar-refractivity contribution in [1.29, 1.82) is 0 Å². The summed E-state index contributed by atoms with van der Waals surface area (Å²) < 4.78 is 13.8. The molecule has 1 aliphatic rings. The number of carboxylic acid groups (broad SMARTS) is 1. The Morgan fingerprint density at radius 2 is 2.16 bits per heavy atom. The molecule has 19 heavy (non-hydrogen) atoms. The third-order valence-electron chi connectivity index (χ3n) is 3.33. The summed E-state index contributed by atoms with van der Waals surface area (Å²) in [4.78, 5) is 13.2. The lowest BCUT2D eigenvalue weighted by atomic mass is 10.1. The van der Waals surface area contributed by atoms with Crippen molar-refractivity contribution in [2.45, 2.75) is 39.3 Å². The standard InChI is InChI=1S/C15H20FNO2/c1-10(2)8-17(13-4-5-13)9-12-7-11(15(18)19)3-6-14(12)16/h3,6-7,10,13H,4-5,8-9H2,1-2H3,(H,18,19). The monoisotopic (exact) mass is 265 g/mol. The molecule has 1 aliphatic carbocycles. The van der Waals surface area contributed by atoms with Crippen molar-refractivity contribution in [2.75, 3.05) is 6.54 Å². The second-order valence-corrected chi connectivity index (χ2v) is 5.67. The maximum atomic E-state index is 13.8. The summed E-state index contributed by atoms with van der Waals surface area (Å²) in [6.07, 6.45) is 2.32. The Bertz CT molecular complexity index is 469. The van der Waals surface area contributed by atoms with Crippen LogP contribution in [0, 0.1) is 11.7 Å². The number of rotatable bonds is 6. The van der Waals surface area contributed by atoms with Gasteiger partial charge in [-0.05, 0) is 37.0 Å². The Hall–Kier alpha value is -1.42. The van der Waals surface area contributed by atoms with Crippen molar-refractivity contribution >= 4 is 5.97 Å². The maximum Gasteiger partial charge on any atom is 0.335 e. The molecule has 1 aromatic carbocycles. The highest BCUT2D eigenvalue weighted by molar-refractivity contribution is 5.87. The van der Waals surface area contributed by atoms with Crippen LogP contribution in [0.1, 0.15) is 42.6 Å². The highest BCUT2D eigenvalue weighted by Gasteiger charge is 2.29. The van der Waals surface area contributed by atoms with Gasteiger partial charge in [-0.25, -0.2) is 9.18 Å². The summed E-state index contributed by atoms with van der Waals surface area (Å²) in [7, 11) is 0. The quantitative estimate of drug-likeness (QED) is 0.859. The molecule has 0 aliphatic heterocycles. The number of nitrogens with zero attached hydrogens (tertiary/aromatic N) is 1. The topological polar surface area (TPSA) is 40.5 Å². The Labute approximate surface area is 113 Å². The van der Waals surface area contributed by atoms with Gasteiger partial charge in [0.2, 0.25) is 0 Å². The highest BCUT2D eigenvalue weighted by atomic mass is 19.1. The number of carbonyl (C=O) groups is 1. The van der Waals surface area contributed by atoms with Crippen LogP contribution in [0.25, 0.3) is 0 Å². The lowest BCUT2D eigenvalue weighted by molar-refractivity contribution is 0.0696. The van der Waals surface area contributed by atoms with Gasteiger partial charge in [-0.15, -0.1) is 0 Å². The van der Waals surface area contributed by atoms with E-state index in [4.69, 9.17) is 5.11 Å². The molecule has 0 radical (unpaired) electrons. The molecular weight excluding hydrogens is 245 g/mol. The molecule has 1 saturated carbocycles. The lowest BCUT2D eigenvalue weighted by Crippen LogP contribution is -2.30. The van der Waals surface area contributed by atoms with Gasteiger partial charge < -0.3 is 5.11 Å². The average molecular weight is 265 g/mol. The zero-order valence-corrected chi connectivity index (χ0v) is 11.4. The van der Waals surface area contributed by atoms with Gasteiger partial charge in [-0.1, -0.05) is 13.8 Å². The second-order valence-electron chi connectivity index (χ2n) is 5.67. The van der Waals surface area contributed by atoms with Crippen LogP contribution < -0.4 is 0 Å². The highest BCUT2D eigenvalue weighted by Crippen LogP contribution is 2.29. The number of carboxylic acids is 1. The van der Waals surface area contributed by atoms with Gasteiger partial charge in [0.15, 0.2) is 0 Å². The number of aromatic carboxylic acids is 1. The SMILES string of the molecule is CC(C)CN(Cc1cc(C(=O)O)ccc1F)C1CC1. The van der Waals surface area contributed by atoms with E-state index in [0.29, 0.717) is 24.1 Å². The van der Waals surface area contributed by atoms with Crippen LogP contribution in [0.15, 0.2) is 18.2 Å². The van der Waals surface area contributed by atoms with E-state index in [9.17, 15) is 9.18 Å². The Morgan fingerprint density at radius 3 is 2.68 bits per heavy atom. The minimum absolute atomic E-state index is 0.150. The number of halogens is 1. The third-order valence-corrected chi connectivity index (χ3v) is 3.33. The molecule has 0 heterocycles. The smallest absolute Gasteiger partial charge is 0.335 e. The van der Waals surface area contributed by atoms with E-state index in [1.807, 2.05) is 0 Å². The zero-order valence-electron chi connectivity index (χ0n) is 11.4. The summed E-state index contributed by atoms with van der Waals surface area (Å²) in [5.74, 6) is -0.811. The minimum atomic E-state index is -1.01. The predicted molar refractivity (Wildman–Crippen MR) is 71.6 cm³/mol.